The number of phenols is 1. The number of aromatic hydroxyl groups is 1. The summed E-state index contributed by atoms with van der Waals surface area (Å²) in [7, 11) is -3.04. The Morgan fingerprint density at radius 2 is 1.81 bits per heavy atom. The van der Waals surface area contributed by atoms with Crippen molar-refractivity contribution in [3.8, 4) is 11.5 Å². The molecule has 0 unspecified atom stereocenters. The van der Waals surface area contributed by atoms with Crippen LogP contribution in [0.15, 0.2) is 34.1 Å². The van der Waals surface area contributed by atoms with Gasteiger partial charge in [0.15, 0.2) is 5.75 Å². The SMILES string of the molecule is COC(=O)c1cc(F)cc(F)c1S(=O)(=O)c1cc(OC)c(O)c([N+](=O)[O-])c1. The highest BCUT2D eigenvalue weighted by molar-refractivity contribution is 7.91. The molecule has 27 heavy (non-hydrogen) atoms. The van der Waals surface area contributed by atoms with Gasteiger partial charge in [-0.2, -0.15) is 0 Å². The van der Waals surface area contributed by atoms with E-state index in [9.17, 15) is 37.2 Å². The number of carbonyl (C=O) groups excluding carboxylic acids is 1. The monoisotopic (exact) mass is 403 g/mol. The third-order valence-corrected chi connectivity index (χ3v) is 5.25. The Morgan fingerprint density at radius 3 is 2.33 bits per heavy atom. The number of carbonyl (C=O) groups is 1. The van der Waals surface area contributed by atoms with Gasteiger partial charge in [-0.05, 0) is 6.07 Å². The number of esters is 1. The van der Waals surface area contributed by atoms with Crippen molar-refractivity contribution in [2.24, 2.45) is 0 Å². The van der Waals surface area contributed by atoms with Gasteiger partial charge in [-0.3, -0.25) is 10.1 Å². The highest BCUT2D eigenvalue weighted by Crippen LogP contribution is 2.40. The van der Waals surface area contributed by atoms with Crippen molar-refractivity contribution in [1.82, 2.24) is 0 Å². The molecule has 0 aliphatic rings. The molecule has 2 aromatic carbocycles. The number of halogens is 2. The van der Waals surface area contributed by atoms with E-state index in [2.05, 4.69) is 4.74 Å². The second-order valence-corrected chi connectivity index (χ2v) is 6.90. The van der Waals surface area contributed by atoms with Crippen LogP contribution >= 0.6 is 0 Å². The van der Waals surface area contributed by atoms with Crippen molar-refractivity contribution >= 4 is 21.5 Å². The number of methoxy groups -OCH3 is 2. The van der Waals surface area contributed by atoms with E-state index in [0.29, 0.717) is 18.2 Å². The van der Waals surface area contributed by atoms with Gasteiger partial charge in [-0.1, -0.05) is 0 Å². The zero-order valence-corrected chi connectivity index (χ0v) is 14.5. The molecule has 0 saturated heterocycles. The summed E-state index contributed by atoms with van der Waals surface area (Å²) in [5, 5.41) is 20.8. The first-order valence-corrected chi connectivity index (χ1v) is 8.40. The number of rotatable bonds is 5. The number of ether oxygens (including phenoxy) is 2. The van der Waals surface area contributed by atoms with E-state index in [1.807, 2.05) is 0 Å². The van der Waals surface area contributed by atoms with Crippen molar-refractivity contribution in [3.05, 3.63) is 51.6 Å². The van der Waals surface area contributed by atoms with E-state index >= 15 is 0 Å². The summed E-state index contributed by atoms with van der Waals surface area (Å²) in [5.41, 5.74) is -1.97. The summed E-state index contributed by atoms with van der Waals surface area (Å²) in [5.74, 6) is -5.71. The van der Waals surface area contributed by atoms with Gasteiger partial charge in [0.1, 0.15) is 16.5 Å². The van der Waals surface area contributed by atoms with Gasteiger partial charge in [0, 0.05) is 18.2 Å². The number of benzene rings is 2. The van der Waals surface area contributed by atoms with Gasteiger partial charge in [-0.15, -0.1) is 0 Å². The first-order valence-electron chi connectivity index (χ1n) is 6.92. The van der Waals surface area contributed by atoms with Crippen LogP contribution in [0.4, 0.5) is 14.5 Å². The molecular formula is C15H11F2NO8S. The average Bonchev–Trinajstić information content (AvgIpc) is 2.59. The lowest BCUT2D eigenvalue weighted by atomic mass is 10.2. The Morgan fingerprint density at radius 1 is 1.19 bits per heavy atom. The molecule has 0 atom stereocenters. The summed E-state index contributed by atoms with van der Waals surface area (Å²) >= 11 is 0. The van der Waals surface area contributed by atoms with Gasteiger partial charge < -0.3 is 14.6 Å². The van der Waals surface area contributed by atoms with E-state index in [0.717, 1.165) is 14.2 Å². The van der Waals surface area contributed by atoms with Crippen LogP contribution < -0.4 is 4.74 Å². The van der Waals surface area contributed by atoms with Crippen LogP contribution in [-0.4, -0.2) is 38.6 Å². The van der Waals surface area contributed by atoms with Crippen LogP contribution in [0.25, 0.3) is 0 Å². The first-order chi connectivity index (χ1) is 12.5. The molecule has 0 heterocycles. The lowest BCUT2D eigenvalue weighted by Gasteiger charge is -2.12. The molecule has 0 radical (unpaired) electrons. The third-order valence-electron chi connectivity index (χ3n) is 3.44. The normalized spacial score (nSPS) is 11.1. The molecule has 0 amide bonds. The van der Waals surface area contributed by atoms with Crippen LogP contribution in [0.1, 0.15) is 10.4 Å². The van der Waals surface area contributed by atoms with Gasteiger partial charge in [0.2, 0.25) is 15.6 Å². The largest absolute Gasteiger partial charge is 0.500 e. The Bertz CT molecular complexity index is 1050. The maximum atomic E-state index is 14.3. The Kier molecular flexibility index (Phi) is 5.31. The Hall–Kier alpha value is -3.28. The van der Waals surface area contributed by atoms with Crippen LogP contribution in [0, 0.1) is 21.7 Å². The number of hydrogen-bond donors (Lipinski definition) is 1. The number of nitro benzene ring substituents is 1. The molecule has 0 bridgehead atoms. The predicted molar refractivity (Wildman–Crippen MR) is 84.5 cm³/mol. The summed E-state index contributed by atoms with van der Waals surface area (Å²) in [6.07, 6.45) is 0. The summed E-state index contributed by atoms with van der Waals surface area (Å²) < 4.78 is 62.4. The zero-order valence-electron chi connectivity index (χ0n) is 13.7. The van der Waals surface area contributed by atoms with Crippen LogP contribution in [0.5, 0.6) is 11.5 Å². The predicted octanol–water partition coefficient (Wildman–Crippen LogP) is 2.21. The maximum absolute atomic E-state index is 14.3. The minimum atomic E-state index is -4.92. The van der Waals surface area contributed by atoms with Crippen LogP contribution in [0.3, 0.4) is 0 Å². The Labute approximate surface area is 150 Å². The molecule has 0 aliphatic heterocycles. The molecule has 0 fully saturated rings. The number of nitrogens with zero attached hydrogens (tertiary/aromatic N) is 1. The van der Waals surface area contributed by atoms with Crippen LogP contribution in [-0.2, 0) is 14.6 Å². The topological polar surface area (TPSA) is 133 Å². The lowest BCUT2D eigenvalue weighted by molar-refractivity contribution is -0.386. The number of hydrogen-bond acceptors (Lipinski definition) is 8. The van der Waals surface area contributed by atoms with Gasteiger partial charge in [0.05, 0.1) is 29.6 Å². The van der Waals surface area contributed by atoms with E-state index < -0.39 is 64.9 Å². The quantitative estimate of drug-likeness (QED) is 0.348. The second kappa shape index (κ2) is 7.15. The van der Waals surface area contributed by atoms with Gasteiger partial charge in [-0.25, -0.2) is 22.0 Å². The molecule has 144 valence electrons. The fourth-order valence-corrected chi connectivity index (χ4v) is 3.74. The fraction of sp³-hybridized carbons (Fsp3) is 0.133. The minimum absolute atomic E-state index is 0.228. The van der Waals surface area contributed by atoms with Crippen molar-refractivity contribution < 1.29 is 41.5 Å². The maximum Gasteiger partial charge on any atom is 0.339 e. The smallest absolute Gasteiger partial charge is 0.339 e. The van der Waals surface area contributed by atoms with E-state index in [1.165, 1.54) is 0 Å². The summed E-state index contributed by atoms with van der Waals surface area (Å²) in [4.78, 5) is 19.6. The second-order valence-electron chi connectivity index (χ2n) is 5.01. The van der Waals surface area contributed by atoms with E-state index in [1.54, 1.807) is 0 Å². The molecule has 0 aliphatic carbocycles. The summed E-state index contributed by atoms with van der Waals surface area (Å²) in [6.45, 7) is 0. The van der Waals surface area contributed by atoms with E-state index in [4.69, 9.17) is 4.74 Å². The standard InChI is InChI=1S/C15H11F2NO8S/c1-25-12-6-8(5-11(13(12)19)18(21)22)27(23,24)14-9(15(20)26-2)3-7(16)4-10(14)17/h3-6,19H,1-2H3. The highest BCUT2D eigenvalue weighted by Gasteiger charge is 2.33. The molecule has 9 nitrogen and oxygen atoms in total. The van der Waals surface area contributed by atoms with Crippen molar-refractivity contribution in [1.29, 1.82) is 0 Å². The van der Waals surface area contributed by atoms with Crippen molar-refractivity contribution in [3.63, 3.8) is 0 Å². The summed E-state index contributed by atoms with van der Waals surface area (Å²) in [6, 6.07) is 1.83. The molecule has 12 heteroatoms. The molecule has 1 N–H and O–H groups in total. The number of sulfone groups is 1. The molecular weight excluding hydrogens is 392 g/mol. The van der Waals surface area contributed by atoms with E-state index in [-0.39, 0.29) is 6.07 Å². The molecule has 2 rings (SSSR count). The molecule has 0 aromatic heterocycles. The molecule has 2 aromatic rings. The minimum Gasteiger partial charge on any atom is -0.500 e. The van der Waals surface area contributed by atoms with Gasteiger partial charge >= 0.3 is 11.7 Å². The first kappa shape index (κ1) is 20.0. The third kappa shape index (κ3) is 3.51. The zero-order chi connectivity index (χ0) is 20.5. The van der Waals surface area contributed by atoms with Crippen molar-refractivity contribution in [2.75, 3.05) is 14.2 Å². The van der Waals surface area contributed by atoms with Crippen LogP contribution in [0.2, 0.25) is 0 Å². The lowest BCUT2D eigenvalue weighted by Crippen LogP contribution is -2.14. The average molecular weight is 403 g/mol. The number of phenolic OH excluding ortho intramolecular Hbond substituents is 1. The Balaban J connectivity index is 2.87. The molecule has 0 saturated carbocycles. The molecule has 0 spiro atoms. The number of nitro groups is 1. The van der Waals surface area contributed by atoms with Gasteiger partial charge in [0.25, 0.3) is 0 Å². The van der Waals surface area contributed by atoms with Crippen molar-refractivity contribution in [2.45, 2.75) is 9.79 Å². The highest BCUT2D eigenvalue weighted by atomic mass is 32.2. The fourth-order valence-electron chi connectivity index (χ4n) is 2.23.